The molecular formula is C55H84O6S4. The zero-order chi connectivity index (χ0) is 43.9. The number of esters is 1. The average Bonchev–Trinajstić information content (AvgIpc) is 4.15. The number of ether oxygens (including phenoxy) is 4. The SMILES string of the molecule is C.C.COc1ccc(Cc2ccc(OC(C)=O)cc2)cc1.CSC1CC2C3CC(OCCCSC4CC5CCC4C5)C(C3)C2C1.CSCCCOC1CC2CC1C1CC(SC(C)=O)CC21. The van der Waals surface area contributed by atoms with Crippen molar-refractivity contribution >= 4 is 58.1 Å². The Labute approximate surface area is 411 Å². The average molecular weight is 970 g/mol. The standard InChI is InChI=1S/C21H34OS2.C16H16O3.C16H26O2S2.2CH4/c1-23-16-11-17-15-9-19(18(17)12-16)20(10-15)22-5-2-6-24-21-8-13-3-4-14(21)7-13;1-12(17)19-16-9-5-14(6-10-16)11-13-3-7-15(18-2)8-4-13;1-10(17)20-12-8-13-11-6-15(14(13)9-12)16(7-11)18-4-3-5-19-2;;/h13-21H,2-12H2,1H3;3-10H,11H2,1-2H3;11-16H,3-9H2,1-2H3;2*1H4. The third-order valence-electron chi connectivity index (χ3n) is 16.6. The van der Waals surface area contributed by atoms with Gasteiger partial charge in [0.1, 0.15) is 11.5 Å². The van der Waals surface area contributed by atoms with Crippen LogP contribution >= 0.6 is 47.0 Å². The predicted octanol–water partition coefficient (Wildman–Crippen LogP) is 13.8. The topological polar surface area (TPSA) is 71.1 Å². The van der Waals surface area contributed by atoms with Gasteiger partial charge in [-0.05, 0) is 208 Å². The van der Waals surface area contributed by atoms with E-state index in [0.29, 0.717) is 28.3 Å². The van der Waals surface area contributed by atoms with Gasteiger partial charge in [0.2, 0.25) is 0 Å². The smallest absolute Gasteiger partial charge is 0.308 e. The van der Waals surface area contributed by atoms with Crippen LogP contribution in [0.5, 0.6) is 11.5 Å². The van der Waals surface area contributed by atoms with E-state index in [1.807, 2.05) is 48.2 Å². The molecule has 10 heteroatoms. The first kappa shape index (κ1) is 53.1. The second-order valence-electron chi connectivity index (χ2n) is 20.3. The number of fused-ring (bicyclic) bond motifs is 12. The van der Waals surface area contributed by atoms with Gasteiger partial charge in [-0.3, -0.25) is 9.59 Å². The van der Waals surface area contributed by atoms with E-state index in [-0.39, 0.29) is 20.8 Å². The lowest BCUT2D eigenvalue weighted by molar-refractivity contribution is -0.131. The van der Waals surface area contributed by atoms with Gasteiger partial charge < -0.3 is 18.9 Å². The summed E-state index contributed by atoms with van der Waals surface area (Å²) in [4.78, 5) is 22.1. The highest BCUT2D eigenvalue weighted by Crippen LogP contribution is 2.62. The molecule has 0 amide bonds. The van der Waals surface area contributed by atoms with Crippen molar-refractivity contribution in [3.8, 4) is 11.5 Å². The molecule has 0 aliphatic heterocycles. The van der Waals surface area contributed by atoms with Crippen LogP contribution in [0.3, 0.4) is 0 Å². The first-order chi connectivity index (χ1) is 30.7. The number of benzene rings is 2. The maximum absolute atomic E-state index is 11.3. The molecule has 0 radical (unpaired) electrons. The molecule has 8 aliphatic rings. The first-order valence-electron chi connectivity index (χ1n) is 24.6. The molecule has 0 heterocycles. The third-order valence-corrected chi connectivity index (χ3v) is 20.9. The van der Waals surface area contributed by atoms with Gasteiger partial charge in [0.15, 0.2) is 5.12 Å². The first-order valence-corrected chi connectivity index (χ1v) is 29.2. The third kappa shape index (κ3) is 13.7. The molecule has 8 aliphatic carbocycles. The second kappa shape index (κ2) is 25.5. The molecule has 0 N–H and O–H groups in total. The monoisotopic (exact) mass is 969 g/mol. The molecule has 8 saturated carbocycles. The van der Waals surface area contributed by atoms with Crippen LogP contribution in [0.15, 0.2) is 48.5 Å². The van der Waals surface area contributed by atoms with Crippen molar-refractivity contribution in [1.29, 1.82) is 0 Å². The van der Waals surface area contributed by atoms with Crippen LogP contribution in [0.25, 0.3) is 0 Å². The minimum atomic E-state index is -0.303. The fourth-order valence-corrected chi connectivity index (χ4v) is 17.9. The molecule has 65 heavy (non-hydrogen) atoms. The van der Waals surface area contributed by atoms with E-state index in [1.54, 1.807) is 44.3 Å². The summed E-state index contributed by atoms with van der Waals surface area (Å²) in [5.74, 6) is 13.4. The molecule has 0 spiro atoms. The summed E-state index contributed by atoms with van der Waals surface area (Å²) in [6, 6.07) is 15.5. The van der Waals surface area contributed by atoms with E-state index >= 15 is 0 Å². The zero-order valence-corrected chi connectivity index (χ0v) is 42.1. The van der Waals surface area contributed by atoms with Crippen molar-refractivity contribution in [2.75, 3.05) is 44.3 Å². The van der Waals surface area contributed by atoms with Gasteiger partial charge in [-0.1, -0.05) is 57.3 Å². The summed E-state index contributed by atoms with van der Waals surface area (Å²) in [6.07, 6.45) is 26.2. The summed E-state index contributed by atoms with van der Waals surface area (Å²) >= 11 is 7.90. The lowest BCUT2D eigenvalue weighted by Crippen LogP contribution is -2.30. The molecule has 6 nitrogen and oxygen atoms in total. The van der Waals surface area contributed by atoms with Crippen LogP contribution in [0.1, 0.15) is 130 Å². The van der Waals surface area contributed by atoms with Crippen molar-refractivity contribution in [2.45, 2.75) is 153 Å². The Morgan fingerprint density at radius 3 is 1.66 bits per heavy atom. The Hall–Kier alpha value is -1.30. The summed E-state index contributed by atoms with van der Waals surface area (Å²) in [7, 11) is 1.66. The van der Waals surface area contributed by atoms with E-state index in [9.17, 15) is 9.59 Å². The molecule has 10 rings (SSSR count). The summed E-state index contributed by atoms with van der Waals surface area (Å²) in [5, 5.41) is 2.87. The Balaban J connectivity index is 0.000000161. The number of carbonyl (C=O) groups is 2. The maximum Gasteiger partial charge on any atom is 0.308 e. The Morgan fingerprint density at radius 1 is 0.600 bits per heavy atom. The fraction of sp³-hybridized carbons (Fsp3) is 0.745. The fourth-order valence-electron chi connectivity index (χ4n) is 14.0. The van der Waals surface area contributed by atoms with E-state index in [4.69, 9.17) is 18.9 Å². The van der Waals surface area contributed by atoms with E-state index in [0.717, 1.165) is 95.1 Å². The molecule has 15 atom stereocenters. The van der Waals surface area contributed by atoms with Crippen molar-refractivity contribution < 1.29 is 28.5 Å². The number of hydrogen-bond acceptors (Lipinski definition) is 10. The molecule has 364 valence electrons. The molecule has 0 saturated heterocycles. The predicted molar refractivity (Wildman–Crippen MR) is 280 cm³/mol. The van der Waals surface area contributed by atoms with Crippen LogP contribution in [0, 0.1) is 59.2 Å². The van der Waals surface area contributed by atoms with E-state index in [1.165, 1.54) is 113 Å². The number of methoxy groups -OCH3 is 1. The van der Waals surface area contributed by atoms with Crippen LogP contribution in [0.4, 0.5) is 0 Å². The minimum absolute atomic E-state index is 0. The Kier molecular flexibility index (Phi) is 20.8. The van der Waals surface area contributed by atoms with Gasteiger partial charge in [-0.15, -0.1) is 0 Å². The zero-order valence-electron chi connectivity index (χ0n) is 38.8. The highest BCUT2D eigenvalue weighted by atomic mass is 32.2. The molecule has 2 aromatic rings. The number of hydrogen-bond donors (Lipinski definition) is 0. The number of rotatable bonds is 17. The van der Waals surface area contributed by atoms with Crippen LogP contribution in [0.2, 0.25) is 0 Å². The van der Waals surface area contributed by atoms with Gasteiger partial charge in [-0.25, -0.2) is 0 Å². The van der Waals surface area contributed by atoms with Crippen LogP contribution in [-0.2, 0) is 25.5 Å². The molecule has 6 bridgehead atoms. The van der Waals surface area contributed by atoms with Gasteiger partial charge in [0.25, 0.3) is 0 Å². The lowest BCUT2D eigenvalue weighted by Gasteiger charge is -2.31. The largest absolute Gasteiger partial charge is 0.497 e. The highest BCUT2D eigenvalue weighted by Gasteiger charge is 2.57. The molecule has 8 fully saturated rings. The molecule has 2 aromatic carbocycles. The van der Waals surface area contributed by atoms with Crippen LogP contribution < -0.4 is 9.47 Å². The summed E-state index contributed by atoms with van der Waals surface area (Å²) < 4.78 is 22.7. The minimum Gasteiger partial charge on any atom is -0.497 e. The van der Waals surface area contributed by atoms with E-state index in [2.05, 4.69) is 36.0 Å². The van der Waals surface area contributed by atoms with E-state index < -0.39 is 0 Å². The molecule has 0 aromatic heterocycles. The van der Waals surface area contributed by atoms with Gasteiger partial charge >= 0.3 is 5.97 Å². The summed E-state index contributed by atoms with van der Waals surface area (Å²) in [5.41, 5.74) is 2.38. The van der Waals surface area contributed by atoms with Crippen molar-refractivity contribution in [3.05, 3.63) is 59.7 Å². The van der Waals surface area contributed by atoms with Crippen molar-refractivity contribution in [1.82, 2.24) is 0 Å². The maximum atomic E-state index is 11.3. The second-order valence-corrected chi connectivity index (χ2v) is 25.3. The number of thioether (sulfide) groups is 4. The van der Waals surface area contributed by atoms with Crippen LogP contribution in [-0.4, -0.2) is 83.4 Å². The van der Waals surface area contributed by atoms with Gasteiger partial charge in [-0.2, -0.15) is 35.3 Å². The number of carbonyl (C=O) groups excluding carboxylic acids is 2. The summed E-state index contributed by atoms with van der Waals surface area (Å²) in [6.45, 7) is 5.08. The van der Waals surface area contributed by atoms with Crippen molar-refractivity contribution in [2.24, 2.45) is 59.2 Å². The van der Waals surface area contributed by atoms with Gasteiger partial charge in [0, 0.05) is 42.8 Å². The molecular weight excluding hydrogens is 885 g/mol. The van der Waals surface area contributed by atoms with Gasteiger partial charge in [0.05, 0.1) is 19.3 Å². The molecule has 15 unspecified atom stereocenters. The van der Waals surface area contributed by atoms with Crippen molar-refractivity contribution in [3.63, 3.8) is 0 Å². The quantitative estimate of drug-likeness (QED) is 0.0870. The Bertz CT molecular complexity index is 1760. The Morgan fingerprint density at radius 2 is 1.15 bits per heavy atom. The lowest BCUT2D eigenvalue weighted by atomic mass is 9.80. The normalized spacial score (nSPS) is 34.9. The highest BCUT2D eigenvalue weighted by molar-refractivity contribution is 8.14.